The van der Waals surface area contributed by atoms with Crippen LogP contribution in [-0.2, 0) is 0 Å². The fourth-order valence-corrected chi connectivity index (χ4v) is 0.893. The van der Waals surface area contributed by atoms with Crippen LogP contribution in [0.4, 0.5) is 23.4 Å². The second kappa shape index (κ2) is 3.32. The van der Waals surface area contributed by atoms with Crippen molar-refractivity contribution in [1.29, 1.82) is 0 Å². The molecular weight excluding hydrogens is 204 g/mol. The maximum atomic E-state index is 12.5. The number of aromatic nitrogens is 1. The first kappa shape index (κ1) is 10.6. The van der Waals surface area contributed by atoms with Gasteiger partial charge in [-0.25, -0.2) is 0 Å². The SMILES string of the molecule is Cc1cc(F)nc(N)c1OC(F)(F)F. The van der Waals surface area contributed by atoms with E-state index in [9.17, 15) is 17.6 Å². The Bertz CT molecular complexity index is 327. The number of rotatable bonds is 1. The maximum absolute atomic E-state index is 12.5. The van der Waals surface area contributed by atoms with E-state index in [1.165, 1.54) is 6.92 Å². The van der Waals surface area contributed by atoms with Crippen LogP contribution in [0.3, 0.4) is 0 Å². The molecule has 0 aliphatic heterocycles. The number of anilines is 1. The van der Waals surface area contributed by atoms with Crippen LogP contribution in [0, 0.1) is 12.9 Å². The zero-order valence-corrected chi connectivity index (χ0v) is 7.02. The summed E-state index contributed by atoms with van der Waals surface area (Å²) in [6.45, 7) is 1.24. The summed E-state index contributed by atoms with van der Waals surface area (Å²) in [5, 5.41) is 0. The number of halogens is 4. The molecule has 0 radical (unpaired) electrons. The first-order chi connectivity index (χ1) is 6.29. The average Bonchev–Trinajstić information content (AvgIpc) is 1.95. The van der Waals surface area contributed by atoms with Crippen LogP contribution in [0.1, 0.15) is 5.56 Å². The van der Waals surface area contributed by atoms with Crippen LogP contribution in [0.25, 0.3) is 0 Å². The molecule has 2 N–H and O–H groups in total. The van der Waals surface area contributed by atoms with Gasteiger partial charge >= 0.3 is 6.36 Å². The molecule has 0 fully saturated rings. The molecule has 1 aromatic heterocycles. The number of alkyl halides is 3. The van der Waals surface area contributed by atoms with Gasteiger partial charge in [0.05, 0.1) is 0 Å². The lowest BCUT2D eigenvalue weighted by Gasteiger charge is -2.12. The molecule has 0 bridgehead atoms. The molecular formula is C7H6F4N2O. The maximum Gasteiger partial charge on any atom is 0.573 e. The molecule has 0 unspecified atom stereocenters. The monoisotopic (exact) mass is 210 g/mol. The number of ether oxygens (including phenoxy) is 1. The molecule has 78 valence electrons. The van der Waals surface area contributed by atoms with E-state index in [2.05, 4.69) is 9.72 Å². The van der Waals surface area contributed by atoms with Crippen molar-refractivity contribution >= 4 is 5.82 Å². The van der Waals surface area contributed by atoms with E-state index in [1.54, 1.807) is 0 Å². The van der Waals surface area contributed by atoms with Crippen LogP contribution in [0.15, 0.2) is 6.07 Å². The minimum atomic E-state index is -4.86. The van der Waals surface area contributed by atoms with Crippen molar-refractivity contribution in [3.8, 4) is 5.75 Å². The summed E-state index contributed by atoms with van der Waals surface area (Å²) < 4.78 is 51.5. The Hall–Kier alpha value is -1.53. The van der Waals surface area contributed by atoms with Crippen LogP contribution in [0.5, 0.6) is 5.75 Å². The van der Waals surface area contributed by atoms with Gasteiger partial charge < -0.3 is 10.5 Å². The van der Waals surface area contributed by atoms with E-state index in [0.29, 0.717) is 0 Å². The average molecular weight is 210 g/mol. The van der Waals surface area contributed by atoms with Gasteiger partial charge in [0.15, 0.2) is 11.6 Å². The molecule has 0 saturated heterocycles. The summed E-state index contributed by atoms with van der Waals surface area (Å²) in [5.41, 5.74) is 4.99. The van der Waals surface area contributed by atoms with Crippen molar-refractivity contribution in [2.24, 2.45) is 0 Å². The molecule has 1 rings (SSSR count). The predicted octanol–water partition coefficient (Wildman–Crippen LogP) is 2.01. The number of aryl methyl sites for hydroxylation is 1. The van der Waals surface area contributed by atoms with Gasteiger partial charge in [-0.3, -0.25) is 0 Å². The molecule has 3 nitrogen and oxygen atoms in total. The Balaban J connectivity index is 3.09. The number of nitrogens with zero attached hydrogens (tertiary/aromatic N) is 1. The number of hydrogen-bond donors (Lipinski definition) is 1. The fraction of sp³-hybridized carbons (Fsp3) is 0.286. The summed E-state index contributed by atoms with van der Waals surface area (Å²) in [5.74, 6) is -2.24. The minimum Gasteiger partial charge on any atom is -0.402 e. The molecule has 0 aromatic carbocycles. The quantitative estimate of drug-likeness (QED) is 0.569. The standard InChI is InChI=1S/C7H6F4N2O/c1-3-2-4(8)13-6(12)5(3)14-7(9,10)11/h2H,1H3,(H2,12,13). The summed E-state index contributed by atoms with van der Waals surface area (Å²) in [6.07, 6.45) is -4.86. The molecule has 0 aliphatic carbocycles. The van der Waals surface area contributed by atoms with Gasteiger partial charge in [-0.1, -0.05) is 0 Å². The van der Waals surface area contributed by atoms with Gasteiger partial charge in [0, 0.05) is 0 Å². The van der Waals surface area contributed by atoms with E-state index in [1.807, 2.05) is 0 Å². The largest absolute Gasteiger partial charge is 0.573 e. The smallest absolute Gasteiger partial charge is 0.402 e. The highest BCUT2D eigenvalue weighted by Crippen LogP contribution is 2.30. The molecule has 1 aromatic rings. The van der Waals surface area contributed by atoms with Gasteiger partial charge in [-0.15, -0.1) is 13.2 Å². The van der Waals surface area contributed by atoms with Crippen molar-refractivity contribution < 1.29 is 22.3 Å². The Labute approximate surface area is 76.5 Å². The van der Waals surface area contributed by atoms with Gasteiger partial charge in [-0.05, 0) is 18.6 Å². The van der Waals surface area contributed by atoms with E-state index < -0.39 is 23.9 Å². The summed E-state index contributed by atoms with van der Waals surface area (Å²) in [4.78, 5) is 3.00. The third-order valence-corrected chi connectivity index (χ3v) is 1.37. The molecule has 0 amide bonds. The predicted molar refractivity (Wildman–Crippen MR) is 40.0 cm³/mol. The first-order valence-electron chi connectivity index (χ1n) is 3.48. The van der Waals surface area contributed by atoms with Crippen molar-refractivity contribution in [1.82, 2.24) is 4.98 Å². The van der Waals surface area contributed by atoms with Crippen LogP contribution in [-0.4, -0.2) is 11.3 Å². The van der Waals surface area contributed by atoms with Crippen LogP contribution in [0.2, 0.25) is 0 Å². The van der Waals surface area contributed by atoms with E-state index in [0.717, 1.165) is 6.07 Å². The van der Waals surface area contributed by atoms with E-state index >= 15 is 0 Å². The molecule has 0 saturated carbocycles. The number of pyridine rings is 1. The highest BCUT2D eigenvalue weighted by molar-refractivity contribution is 5.50. The van der Waals surface area contributed by atoms with Gasteiger partial charge in [0.1, 0.15) is 0 Å². The zero-order chi connectivity index (χ0) is 10.9. The van der Waals surface area contributed by atoms with Gasteiger partial charge in [0.25, 0.3) is 0 Å². The van der Waals surface area contributed by atoms with Crippen molar-refractivity contribution in [3.05, 3.63) is 17.6 Å². The Morgan fingerprint density at radius 2 is 2.00 bits per heavy atom. The highest BCUT2D eigenvalue weighted by Gasteiger charge is 2.33. The number of nitrogen functional groups attached to an aromatic ring is 1. The lowest BCUT2D eigenvalue weighted by molar-refractivity contribution is -0.274. The van der Waals surface area contributed by atoms with Gasteiger partial charge in [0.2, 0.25) is 5.95 Å². The van der Waals surface area contributed by atoms with Crippen molar-refractivity contribution in [3.63, 3.8) is 0 Å². The molecule has 0 spiro atoms. The zero-order valence-electron chi connectivity index (χ0n) is 7.02. The van der Waals surface area contributed by atoms with Crippen LogP contribution < -0.4 is 10.5 Å². The molecule has 7 heteroatoms. The highest BCUT2D eigenvalue weighted by atomic mass is 19.4. The van der Waals surface area contributed by atoms with Gasteiger partial charge in [-0.2, -0.15) is 9.37 Å². The number of nitrogens with two attached hydrogens (primary N) is 1. The van der Waals surface area contributed by atoms with Crippen molar-refractivity contribution in [2.75, 3.05) is 5.73 Å². The molecule has 1 heterocycles. The third-order valence-electron chi connectivity index (χ3n) is 1.37. The van der Waals surface area contributed by atoms with E-state index in [4.69, 9.17) is 5.73 Å². The van der Waals surface area contributed by atoms with Crippen molar-refractivity contribution in [2.45, 2.75) is 13.3 Å². The molecule has 0 aliphatic rings. The Morgan fingerprint density at radius 3 is 2.43 bits per heavy atom. The number of hydrogen-bond acceptors (Lipinski definition) is 3. The lowest BCUT2D eigenvalue weighted by Crippen LogP contribution is -2.19. The summed E-state index contributed by atoms with van der Waals surface area (Å²) in [7, 11) is 0. The summed E-state index contributed by atoms with van der Waals surface area (Å²) >= 11 is 0. The Morgan fingerprint density at radius 1 is 1.43 bits per heavy atom. The summed E-state index contributed by atoms with van der Waals surface area (Å²) in [6, 6.07) is 0.803. The lowest BCUT2D eigenvalue weighted by atomic mass is 10.2. The van der Waals surface area contributed by atoms with Crippen LogP contribution >= 0.6 is 0 Å². The first-order valence-corrected chi connectivity index (χ1v) is 3.48. The fourth-order valence-electron chi connectivity index (χ4n) is 0.893. The second-order valence-electron chi connectivity index (χ2n) is 2.52. The molecule has 0 atom stereocenters. The third kappa shape index (κ3) is 2.48. The second-order valence-corrected chi connectivity index (χ2v) is 2.52. The minimum absolute atomic E-state index is 0.0627. The normalized spacial score (nSPS) is 11.5. The molecule has 14 heavy (non-hydrogen) atoms. The Kier molecular flexibility index (Phi) is 2.50. The van der Waals surface area contributed by atoms with E-state index in [-0.39, 0.29) is 5.56 Å². The topological polar surface area (TPSA) is 48.1 Å².